The summed E-state index contributed by atoms with van der Waals surface area (Å²) in [6, 6.07) is 8.84. The molecule has 174 valence electrons. The standard InChI is InChI=1S/C24H34N6O.HI/c1-19-9-13-29(17-22(19)30-15-12-26-18-30)24(25-2)27-11-5-8-23(31)28-14-10-20-6-3-4-7-21(20)16-28;/h3-4,6-7,12,15,18-19,22H,5,8-11,13-14,16-17H2,1-2H3,(H,25,27);1H. The van der Waals surface area contributed by atoms with Crippen LogP contribution in [0.25, 0.3) is 0 Å². The highest BCUT2D eigenvalue weighted by atomic mass is 127. The molecule has 2 aliphatic rings. The lowest BCUT2D eigenvalue weighted by Gasteiger charge is -2.39. The molecule has 0 spiro atoms. The molecule has 3 heterocycles. The molecule has 8 heteroatoms. The summed E-state index contributed by atoms with van der Waals surface area (Å²) >= 11 is 0. The molecule has 0 radical (unpaired) electrons. The second kappa shape index (κ2) is 11.7. The van der Waals surface area contributed by atoms with Crippen molar-refractivity contribution in [3.8, 4) is 0 Å². The van der Waals surface area contributed by atoms with Crippen molar-refractivity contribution < 1.29 is 4.79 Å². The summed E-state index contributed by atoms with van der Waals surface area (Å²) in [7, 11) is 1.84. The van der Waals surface area contributed by atoms with E-state index in [0.717, 1.165) is 57.9 Å². The summed E-state index contributed by atoms with van der Waals surface area (Å²) in [6.07, 6.45) is 9.26. The first-order valence-electron chi connectivity index (χ1n) is 11.4. The molecular formula is C24H35IN6O. The third kappa shape index (κ3) is 5.82. The molecule has 2 atom stereocenters. The lowest BCUT2D eigenvalue weighted by molar-refractivity contribution is -0.132. The van der Waals surface area contributed by atoms with E-state index in [-0.39, 0.29) is 29.9 Å². The lowest BCUT2D eigenvalue weighted by Crippen LogP contribution is -2.49. The molecule has 1 aromatic heterocycles. The number of benzene rings is 1. The number of aromatic nitrogens is 2. The Balaban J connectivity index is 0.00000289. The Labute approximate surface area is 208 Å². The largest absolute Gasteiger partial charge is 0.356 e. The van der Waals surface area contributed by atoms with Gasteiger partial charge in [-0.2, -0.15) is 0 Å². The Morgan fingerprint density at radius 3 is 2.78 bits per heavy atom. The maximum absolute atomic E-state index is 12.7. The van der Waals surface area contributed by atoms with Crippen molar-refractivity contribution in [2.24, 2.45) is 10.9 Å². The van der Waals surface area contributed by atoms with Gasteiger partial charge in [0.1, 0.15) is 0 Å². The number of aliphatic imine (C=N–C) groups is 1. The Bertz CT molecular complexity index is 900. The minimum Gasteiger partial charge on any atom is -0.356 e. The molecule has 7 nitrogen and oxygen atoms in total. The second-order valence-electron chi connectivity index (χ2n) is 8.70. The van der Waals surface area contributed by atoms with Crippen LogP contribution in [0.3, 0.4) is 0 Å². The predicted octanol–water partition coefficient (Wildman–Crippen LogP) is 3.32. The van der Waals surface area contributed by atoms with Gasteiger partial charge in [-0.25, -0.2) is 4.98 Å². The van der Waals surface area contributed by atoms with Gasteiger partial charge in [0.15, 0.2) is 5.96 Å². The van der Waals surface area contributed by atoms with E-state index in [1.165, 1.54) is 11.1 Å². The van der Waals surface area contributed by atoms with Crippen molar-refractivity contribution in [2.45, 2.75) is 45.2 Å². The van der Waals surface area contributed by atoms with Crippen LogP contribution in [-0.2, 0) is 17.8 Å². The summed E-state index contributed by atoms with van der Waals surface area (Å²) in [4.78, 5) is 25.7. The van der Waals surface area contributed by atoms with Gasteiger partial charge in [-0.1, -0.05) is 31.2 Å². The number of hydrogen-bond acceptors (Lipinski definition) is 3. The molecule has 0 aliphatic carbocycles. The summed E-state index contributed by atoms with van der Waals surface area (Å²) in [5.74, 6) is 1.78. The number of amides is 1. The molecule has 1 amide bonds. The van der Waals surface area contributed by atoms with Gasteiger partial charge in [0.05, 0.1) is 12.4 Å². The number of imidazole rings is 1. The van der Waals surface area contributed by atoms with Crippen LogP contribution in [0.15, 0.2) is 48.0 Å². The minimum atomic E-state index is 0. The van der Waals surface area contributed by atoms with E-state index in [1.807, 2.05) is 30.7 Å². The molecule has 2 aromatic rings. The molecule has 1 fully saturated rings. The van der Waals surface area contributed by atoms with Gasteiger partial charge < -0.3 is 19.7 Å². The van der Waals surface area contributed by atoms with Gasteiger partial charge in [-0.15, -0.1) is 24.0 Å². The highest BCUT2D eigenvalue weighted by Gasteiger charge is 2.29. The summed E-state index contributed by atoms with van der Waals surface area (Å²) in [5, 5.41) is 3.47. The van der Waals surface area contributed by atoms with Crippen LogP contribution < -0.4 is 5.32 Å². The van der Waals surface area contributed by atoms with Crippen LogP contribution in [0.5, 0.6) is 0 Å². The number of nitrogens with one attached hydrogen (secondary N) is 1. The number of rotatable bonds is 5. The molecule has 2 aliphatic heterocycles. The number of fused-ring (bicyclic) bond motifs is 1. The monoisotopic (exact) mass is 550 g/mol. The number of nitrogens with zero attached hydrogens (tertiary/aromatic N) is 5. The van der Waals surface area contributed by atoms with Gasteiger partial charge in [0, 0.05) is 58.6 Å². The van der Waals surface area contributed by atoms with Crippen molar-refractivity contribution in [3.63, 3.8) is 0 Å². The molecule has 1 aromatic carbocycles. The topological polar surface area (TPSA) is 65.8 Å². The number of likely N-dealkylation sites (tertiary alicyclic amines) is 1. The van der Waals surface area contributed by atoms with Crippen molar-refractivity contribution in [1.82, 2.24) is 24.7 Å². The molecule has 1 saturated heterocycles. The summed E-state index contributed by atoms with van der Waals surface area (Å²) in [6.45, 7) is 6.55. The first-order chi connectivity index (χ1) is 15.2. The third-order valence-corrected chi connectivity index (χ3v) is 6.67. The van der Waals surface area contributed by atoms with Crippen LogP contribution in [0, 0.1) is 5.92 Å². The second-order valence-corrected chi connectivity index (χ2v) is 8.70. The molecule has 4 rings (SSSR count). The van der Waals surface area contributed by atoms with E-state index in [1.54, 1.807) is 0 Å². The molecule has 1 N–H and O–H groups in total. The fourth-order valence-corrected chi connectivity index (χ4v) is 4.73. The van der Waals surface area contributed by atoms with Gasteiger partial charge in [0.25, 0.3) is 0 Å². The van der Waals surface area contributed by atoms with Crippen molar-refractivity contribution in [1.29, 1.82) is 0 Å². The third-order valence-electron chi connectivity index (χ3n) is 6.67. The van der Waals surface area contributed by atoms with Crippen LogP contribution in [-0.4, -0.2) is 64.4 Å². The van der Waals surface area contributed by atoms with Gasteiger partial charge in [0.2, 0.25) is 5.91 Å². The van der Waals surface area contributed by atoms with Crippen molar-refractivity contribution in [3.05, 3.63) is 54.1 Å². The fraction of sp³-hybridized carbons (Fsp3) is 0.542. The highest BCUT2D eigenvalue weighted by molar-refractivity contribution is 14.0. The average molecular weight is 550 g/mol. The van der Waals surface area contributed by atoms with Crippen LogP contribution in [0.4, 0.5) is 0 Å². The lowest BCUT2D eigenvalue weighted by atomic mass is 9.93. The first-order valence-corrected chi connectivity index (χ1v) is 11.4. The number of hydrogen-bond donors (Lipinski definition) is 1. The number of halogens is 1. The van der Waals surface area contributed by atoms with Crippen molar-refractivity contribution >= 4 is 35.8 Å². The minimum absolute atomic E-state index is 0. The highest BCUT2D eigenvalue weighted by Crippen LogP contribution is 2.27. The molecule has 0 saturated carbocycles. The molecule has 2 unspecified atom stereocenters. The van der Waals surface area contributed by atoms with E-state index in [4.69, 9.17) is 0 Å². The Morgan fingerprint density at radius 1 is 1.22 bits per heavy atom. The Kier molecular flexibility index (Phi) is 8.95. The van der Waals surface area contributed by atoms with Gasteiger partial charge >= 0.3 is 0 Å². The number of piperidine rings is 1. The van der Waals surface area contributed by atoms with Gasteiger partial charge in [-0.05, 0) is 36.3 Å². The van der Waals surface area contributed by atoms with Crippen molar-refractivity contribution in [2.75, 3.05) is 33.2 Å². The normalized spacial score (nSPS) is 21.0. The summed E-state index contributed by atoms with van der Waals surface area (Å²) < 4.78 is 2.21. The quantitative estimate of drug-likeness (QED) is 0.269. The maximum Gasteiger partial charge on any atom is 0.222 e. The Hall–Kier alpha value is -2.10. The molecule has 0 bridgehead atoms. The fourth-order valence-electron chi connectivity index (χ4n) is 4.73. The smallest absolute Gasteiger partial charge is 0.222 e. The van der Waals surface area contributed by atoms with E-state index < -0.39 is 0 Å². The number of carbonyl (C=O) groups excluding carboxylic acids is 1. The molecular weight excluding hydrogens is 515 g/mol. The number of guanidine groups is 1. The maximum atomic E-state index is 12.7. The zero-order valence-electron chi connectivity index (χ0n) is 19.1. The summed E-state index contributed by atoms with van der Waals surface area (Å²) in [5.41, 5.74) is 2.66. The first kappa shape index (κ1) is 24.5. The van der Waals surface area contributed by atoms with E-state index in [2.05, 4.69) is 55.9 Å². The molecule has 32 heavy (non-hydrogen) atoms. The van der Waals surface area contributed by atoms with Gasteiger partial charge in [-0.3, -0.25) is 9.79 Å². The van der Waals surface area contributed by atoms with Crippen LogP contribution >= 0.6 is 24.0 Å². The SMILES string of the molecule is CN=C(NCCCC(=O)N1CCc2ccccc2C1)N1CCC(C)C(n2ccnc2)C1.I. The van der Waals surface area contributed by atoms with E-state index in [0.29, 0.717) is 18.4 Å². The zero-order valence-corrected chi connectivity index (χ0v) is 21.4. The van der Waals surface area contributed by atoms with E-state index in [9.17, 15) is 4.79 Å². The predicted molar refractivity (Wildman–Crippen MR) is 138 cm³/mol. The Morgan fingerprint density at radius 2 is 2.03 bits per heavy atom. The van der Waals surface area contributed by atoms with E-state index >= 15 is 0 Å². The number of carbonyl (C=O) groups is 1. The zero-order chi connectivity index (χ0) is 21.6. The van der Waals surface area contributed by atoms with Crippen LogP contribution in [0.2, 0.25) is 0 Å². The average Bonchev–Trinajstić information content (AvgIpc) is 3.34. The van der Waals surface area contributed by atoms with Crippen LogP contribution in [0.1, 0.15) is 43.4 Å².